The smallest absolute Gasteiger partial charge is 0.122 e. The minimum Gasteiger partial charge on any atom is -0.496 e. The van der Waals surface area contributed by atoms with Crippen LogP contribution >= 0.6 is 0 Å². The van der Waals surface area contributed by atoms with E-state index in [1.54, 1.807) is 7.11 Å². The Kier molecular flexibility index (Phi) is 4.77. The summed E-state index contributed by atoms with van der Waals surface area (Å²) in [5.41, 5.74) is 2.73. The van der Waals surface area contributed by atoms with Crippen LogP contribution in [-0.2, 0) is 24.1 Å². The van der Waals surface area contributed by atoms with Gasteiger partial charge in [0.25, 0.3) is 0 Å². The molecule has 1 aromatic carbocycles. The van der Waals surface area contributed by atoms with Crippen LogP contribution in [0.25, 0.3) is 0 Å². The first-order chi connectivity index (χ1) is 12.3. The molecule has 0 N–H and O–H groups in total. The van der Waals surface area contributed by atoms with Crippen LogP contribution in [0.15, 0.2) is 36.7 Å². The van der Waals surface area contributed by atoms with Crippen LogP contribution in [0.5, 0.6) is 5.75 Å². The Labute approximate surface area is 149 Å². The summed E-state index contributed by atoms with van der Waals surface area (Å²) in [6, 6.07) is 8.85. The Morgan fingerprint density at radius 3 is 2.96 bits per heavy atom. The molecule has 25 heavy (non-hydrogen) atoms. The van der Waals surface area contributed by atoms with Crippen molar-refractivity contribution in [2.75, 3.05) is 20.2 Å². The Morgan fingerprint density at radius 2 is 2.20 bits per heavy atom. The van der Waals surface area contributed by atoms with Crippen molar-refractivity contribution in [1.82, 2.24) is 14.7 Å². The van der Waals surface area contributed by atoms with Crippen molar-refractivity contribution in [3.05, 3.63) is 47.8 Å². The molecule has 0 amide bonds. The number of nitrogens with zero attached hydrogens (tertiary/aromatic N) is 3. The minimum atomic E-state index is 0.184. The van der Waals surface area contributed by atoms with E-state index in [-0.39, 0.29) is 12.2 Å². The summed E-state index contributed by atoms with van der Waals surface area (Å²) in [4.78, 5) is 2.63. The first-order valence-corrected chi connectivity index (χ1v) is 9.30. The molecular formula is C20H27N3O2. The summed E-state index contributed by atoms with van der Waals surface area (Å²) in [5.74, 6) is 0.996. The number of rotatable bonds is 5. The van der Waals surface area contributed by atoms with Crippen LogP contribution in [0.4, 0.5) is 0 Å². The van der Waals surface area contributed by atoms with Gasteiger partial charge in [-0.15, -0.1) is 0 Å². The van der Waals surface area contributed by atoms with Crippen molar-refractivity contribution in [2.24, 2.45) is 0 Å². The number of fused-ring (bicyclic) bond motifs is 2. The molecular weight excluding hydrogens is 314 g/mol. The lowest BCUT2D eigenvalue weighted by atomic mass is 9.83. The molecule has 1 aliphatic heterocycles. The van der Waals surface area contributed by atoms with Crippen molar-refractivity contribution in [2.45, 2.75) is 51.0 Å². The Hall–Kier alpha value is -1.85. The highest BCUT2D eigenvalue weighted by Gasteiger charge is 2.40. The van der Waals surface area contributed by atoms with Gasteiger partial charge in [-0.25, -0.2) is 0 Å². The van der Waals surface area contributed by atoms with E-state index in [2.05, 4.69) is 35.1 Å². The second kappa shape index (κ2) is 7.18. The zero-order valence-corrected chi connectivity index (χ0v) is 15.1. The number of methoxy groups -OCH3 is 1. The molecule has 1 fully saturated rings. The SMILES string of the molecule is CCCN1CC(Cn2cccn2)O[C@@H]2Cc3c(cccc3OC)C[C@H]21. The molecule has 5 nitrogen and oxygen atoms in total. The quantitative estimate of drug-likeness (QED) is 0.838. The van der Waals surface area contributed by atoms with Crippen LogP contribution in [0.2, 0.25) is 0 Å². The van der Waals surface area contributed by atoms with Crippen molar-refractivity contribution in [3.8, 4) is 5.75 Å². The summed E-state index contributed by atoms with van der Waals surface area (Å²) < 4.78 is 14.1. The number of benzene rings is 1. The fraction of sp³-hybridized carbons (Fsp3) is 0.550. The van der Waals surface area contributed by atoms with Gasteiger partial charge in [-0.3, -0.25) is 9.58 Å². The maximum absolute atomic E-state index is 6.54. The molecule has 0 bridgehead atoms. The predicted octanol–water partition coefficient (Wildman–Crippen LogP) is 2.54. The third-order valence-corrected chi connectivity index (χ3v) is 5.45. The Morgan fingerprint density at radius 1 is 1.28 bits per heavy atom. The fourth-order valence-corrected chi connectivity index (χ4v) is 4.37. The highest BCUT2D eigenvalue weighted by molar-refractivity contribution is 5.43. The number of hydrogen-bond acceptors (Lipinski definition) is 4. The molecule has 0 radical (unpaired) electrons. The van der Waals surface area contributed by atoms with E-state index in [1.807, 2.05) is 23.1 Å². The van der Waals surface area contributed by atoms with Crippen molar-refractivity contribution >= 4 is 0 Å². The number of hydrogen-bond donors (Lipinski definition) is 0. The minimum absolute atomic E-state index is 0.184. The predicted molar refractivity (Wildman–Crippen MR) is 96.9 cm³/mol. The Bertz CT molecular complexity index is 701. The van der Waals surface area contributed by atoms with E-state index >= 15 is 0 Å². The normalized spacial score (nSPS) is 26.1. The lowest BCUT2D eigenvalue weighted by Crippen LogP contribution is -2.58. The second-order valence-electron chi connectivity index (χ2n) is 7.09. The summed E-state index contributed by atoms with van der Waals surface area (Å²) in [6.07, 6.45) is 7.40. The summed E-state index contributed by atoms with van der Waals surface area (Å²) >= 11 is 0. The van der Waals surface area contributed by atoms with Gasteiger partial charge >= 0.3 is 0 Å². The van der Waals surface area contributed by atoms with Gasteiger partial charge in [-0.1, -0.05) is 19.1 Å². The van der Waals surface area contributed by atoms with Gasteiger partial charge in [0, 0.05) is 31.4 Å². The first-order valence-electron chi connectivity index (χ1n) is 9.30. The van der Waals surface area contributed by atoms with Crippen molar-refractivity contribution in [1.29, 1.82) is 0 Å². The standard InChI is InChI=1S/C20H27N3O2/c1-3-9-22-13-16(14-23-10-5-8-21-23)25-20-12-17-15(11-18(20)22)6-4-7-19(17)24-2/h4-8,10,16,18,20H,3,9,11-14H2,1-2H3/t16?,18-,20-/m1/s1. The van der Waals surface area contributed by atoms with E-state index in [1.165, 1.54) is 17.5 Å². The largest absolute Gasteiger partial charge is 0.496 e. The molecule has 0 saturated carbocycles. The van der Waals surface area contributed by atoms with Crippen LogP contribution in [-0.4, -0.2) is 53.1 Å². The van der Waals surface area contributed by atoms with E-state index in [0.717, 1.165) is 38.2 Å². The van der Waals surface area contributed by atoms with Crippen molar-refractivity contribution < 1.29 is 9.47 Å². The van der Waals surface area contributed by atoms with Crippen LogP contribution in [0.3, 0.4) is 0 Å². The molecule has 134 valence electrons. The van der Waals surface area contributed by atoms with Gasteiger partial charge in [0.15, 0.2) is 0 Å². The highest BCUT2D eigenvalue weighted by Crippen LogP contribution is 2.35. The number of ether oxygens (including phenoxy) is 2. The number of aromatic nitrogens is 2. The van der Waals surface area contributed by atoms with Crippen LogP contribution in [0, 0.1) is 0 Å². The van der Waals surface area contributed by atoms with Crippen molar-refractivity contribution in [3.63, 3.8) is 0 Å². The topological polar surface area (TPSA) is 39.5 Å². The van der Waals surface area contributed by atoms with E-state index in [4.69, 9.17) is 9.47 Å². The molecule has 1 saturated heterocycles. The molecule has 5 heteroatoms. The molecule has 0 spiro atoms. The molecule has 3 atom stereocenters. The average molecular weight is 341 g/mol. The van der Waals surface area contributed by atoms with Crippen LogP contribution in [0.1, 0.15) is 24.5 Å². The average Bonchev–Trinajstić information content (AvgIpc) is 3.13. The Balaban J connectivity index is 1.58. The maximum Gasteiger partial charge on any atom is 0.122 e. The lowest BCUT2D eigenvalue weighted by molar-refractivity contribution is -0.128. The molecule has 1 aliphatic carbocycles. The third kappa shape index (κ3) is 3.31. The zero-order valence-electron chi connectivity index (χ0n) is 15.1. The summed E-state index contributed by atoms with van der Waals surface area (Å²) in [5, 5.41) is 4.35. The first kappa shape index (κ1) is 16.6. The van der Waals surface area contributed by atoms with Gasteiger partial charge < -0.3 is 9.47 Å². The van der Waals surface area contributed by atoms with Gasteiger partial charge in [0.2, 0.25) is 0 Å². The van der Waals surface area contributed by atoms with Gasteiger partial charge in [-0.2, -0.15) is 5.10 Å². The highest BCUT2D eigenvalue weighted by atomic mass is 16.5. The number of morpholine rings is 1. The van der Waals surface area contributed by atoms with Gasteiger partial charge in [0.05, 0.1) is 25.9 Å². The van der Waals surface area contributed by atoms with Gasteiger partial charge in [0.1, 0.15) is 5.75 Å². The molecule has 2 aliphatic rings. The fourth-order valence-electron chi connectivity index (χ4n) is 4.37. The third-order valence-electron chi connectivity index (χ3n) is 5.45. The molecule has 4 rings (SSSR count). The van der Waals surface area contributed by atoms with E-state index in [9.17, 15) is 0 Å². The monoisotopic (exact) mass is 341 g/mol. The maximum atomic E-state index is 6.54. The van der Waals surface area contributed by atoms with E-state index < -0.39 is 0 Å². The van der Waals surface area contributed by atoms with Gasteiger partial charge in [-0.05, 0) is 42.6 Å². The molecule has 2 heterocycles. The molecule has 2 aromatic rings. The van der Waals surface area contributed by atoms with Crippen LogP contribution < -0.4 is 4.74 Å². The second-order valence-corrected chi connectivity index (χ2v) is 7.09. The zero-order chi connectivity index (χ0) is 17.2. The van der Waals surface area contributed by atoms with E-state index in [0.29, 0.717) is 6.04 Å². The summed E-state index contributed by atoms with van der Waals surface area (Å²) in [6.45, 7) is 5.18. The lowest BCUT2D eigenvalue weighted by Gasteiger charge is -2.47. The molecule has 1 aromatic heterocycles. The molecule has 1 unspecified atom stereocenters. The summed E-state index contributed by atoms with van der Waals surface area (Å²) in [7, 11) is 1.76.